The summed E-state index contributed by atoms with van der Waals surface area (Å²) in [6.07, 6.45) is 0. The van der Waals surface area contributed by atoms with Crippen LogP contribution in [0.3, 0.4) is 0 Å². The Morgan fingerprint density at radius 2 is 1.89 bits per heavy atom. The molecule has 0 saturated heterocycles. The summed E-state index contributed by atoms with van der Waals surface area (Å²) >= 11 is 0.840. The lowest BCUT2D eigenvalue weighted by Gasteiger charge is -2.07. The molecule has 0 spiro atoms. The largest absolute Gasteiger partial charge is 0.497 e. The van der Waals surface area contributed by atoms with Crippen molar-refractivity contribution in [2.75, 3.05) is 12.9 Å². The lowest BCUT2D eigenvalue weighted by molar-refractivity contribution is -0.117. The van der Waals surface area contributed by atoms with Crippen molar-refractivity contribution in [2.24, 2.45) is 0 Å². The number of nitrogens with zero attached hydrogens (tertiary/aromatic N) is 2. The van der Waals surface area contributed by atoms with Crippen molar-refractivity contribution in [1.29, 1.82) is 0 Å². The first-order valence-electron chi connectivity index (χ1n) is 7.85. The van der Waals surface area contributed by atoms with Gasteiger partial charge in [-0.3, -0.25) is 19.5 Å². The van der Waals surface area contributed by atoms with Gasteiger partial charge in [0.05, 0.1) is 23.9 Å². The highest BCUT2D eigenvalue weighted by Gasteiger charge is 2.19. The first-order chi connectivity index (χ1) is 13.0. The molecule has 6 nitrogen and oxygen atoms in total. The van der Waals surface area contributed by atoms with Crippen LogP contribution in [0.2, 0.25) is 0 Å². The van der Waals surface area contributed by atoms with Crippen LogP contribution >= 0.6 is 11.8 Å². The smallest absolute Gasteiger partial charge is 0.321 e. The van der Waals surface area contributed by atoms with Crippen molar-refractivity contribution in [3.8, 4) is 5.75 Å². The van der Waals surface area contributed by atoms with E-state index >= 15 is 0 Å². The number of carbonyl (C=O) groups excluding carboxylic acids is 2. The average molecular weight is 391 g/mol. The standard InChI is InChI=1S/C18H15F2N3O3S/c1-26-12-8-6-11(7-9-12)16(25)22-15(24)10-27-18-21-13-4-2-3-5-14(13)23(18)17(19)20/h2-9,17H,10H2,1H3,(H,22,24,25). The van der Waals surface area contributed by atoms with E-state index in [1.54, 1.807) is 30.3 Å². The predicted molar refractivity (Wildman–Crippen MR) is 97.2 cm³/mol. The number of hydrogen-bond acceptors (Lipinski definition) is 5. The van der Waals surface area contributed by atoms with Crippen molar-refractivity contribution in [3.05, 3.63) is 54.1 Å². The number of carbonyl (C=O) groups is 2. The van der Waals surface area contributed by atoms with Crippen LogP contribution < -0.4 is 10.1 Å². The number of hydrogen-bond donors (Lipinski definition) is 1. The highest BCUT2D eigenvalue weighted by Crippen LogP contribution is 2.29. The van der Waals surface area contributed by atoms with Crippen LogP contribution in [0.5, 0.6) is 5.75 Å². The minimum absolute atomic E-state index is 0.0123. The molecule has 0 unspecified atom stereocenters. The zero-order valence-electron chi connectivity index (χ0n) is 14.2. The number of aromatic nitrogens is 2. The number of fused-ring (bicyclic) bond motifs is 1. The third-order valence-electron chi connectivity index (χ3n) is 3.70. The third kappa shape index (κ3) is 4.25. The lowest BCUT2D eigenvalue weighted by atomic mass is 10.2. The number of halogens is 2. The quantitative estimate of drug-likeness (QED) is 0.651. The number of imidazole rings is 1. The van der Waals surface area contributed by atoms with Crippen LogP contribution in [0, 0.1) is 0 Å². The Morgan fingerprint density at radius 1 is 1.19 bits per heavy atom. The molecular formula is C18H15F2N3O3S. The van der Waals surface area contributed by atoms with Gasteiger partial charge in [-0.2, -0.15) is 8.78 Å². The first kappa shape index (κ1) is 18.8. The Labute approximate surface area is 157 Å². The van der Waals surface area contributed by atoms with E-state index in [1.165, 1.54) is 25.3 Å². The number of nitrogens with one attached hydrogen (secondary N) is 1. The van der Waals surface area contributed by atoms with Crippen LogP contribution in [0.4, 0.5) is 8.78 Å². The summed E-state index contributed by atoms with van der Waals surface area (Å²) < 4.78 is 32.5. The number of amides is 2. The number of imide groups is 1. The number of para-hydroxylation sites is 2. The topological polar surface area (TPSA) is 73.2 Å². The average Bonchev–Trinajstić information content (AvgIpc) is 3.05. The molecule has 27 heavy (non-hydrogen) atoms. The zero-order valence-corrected chi connectivity index (χ0v) is 15.0. The van der Waals surface area contributed by atoms with Gasteiger partial charge in [0, 0.05) is 5.56 Å². The molecule has 1 aromatic heterocycles. The minimum atomic E-state index is -2.79. The number of thioether (sulfide) groups is 1. The van der Waals surface area contributed by atoms with Gasteiger partial charge < -0.3 is 4.74 Å². The maximum Gasteiger partial charge on any atom is 0.321 e. The molecule has 1 N–H and O–H groups in total. The van der Waals surface area contributed by atoms with Crippen LogP contribution in [0.1, 0.15) is 16.9 Å². The molecule has 0 aliphatic heterocycles. The number of alkyl halides is 2. The van der Waals surface area contributed by atoms with E-state index in [0.717, 1.165) is 16.3 Å². The fourth-order valence-corrected chi connectivity index (χ4v) is 3.23. The fraction of sp³-hybridized carbons (Fsp3) is 0.167. The van der Waals surface area contributed by atoms with Crippen LogP contribution in [-0.4, -0.2) is 34.2 Å². The van der Waals surface area contributed by atoms with Gasteiger partial charge in [-0.05, 0) is 36.4 Å². The Bertz CT molecular complexity index is 974. The van der Waals surface area contributed by atoms with Crippen molar-refractivity contribution >= 4 is 34.6 Å². The van der Waals surface area contributed by atoms with E-state index in [1.807, 2.05) is 0 Å². The van der Waals surface area contributed by atoms with E-state index < -0.39 is 18.4 Å². The van der Waals surface area contributed by atoms with E-state index in [4.69, 9.17) is 4.74 Å². The second-order valence-corrected chi connectivity index (χ2v) is 6.37. The highest BCUT2D eigenvalue weighted by atomic mass is 32.2. The first-order valence-corrected chi connectivity index (χ1v) is 8.84. The van der Waals surface area contributed by atoms with Crippen molar-refractivity contribution in [1.82, 2.24) is 14.9 Å². The van der Waals surface area contributed by atoms with E-state index in [-0.39, 0.29) is 22.0 Å². The van der Waals surface area contributed by atoms with Crippen molar-refractivity contribution in [3.63, 3.8) is 0 Å². The molecule has 0 aliphatic rings. The molecule has 2 aromatic carbocycles. The van der Waals surface area contributed by atoms with E-state index in [2.05, 4.69) is 10.3 Å². The lowest BCUT2D eigenvalue weighted by Crippen LogP contribution is -2.31. The molecule has 2 amide bonds. The van der Waals surface area contributed by atoms with Gasteiger partial charge >= 0.3 is 6.55 Å². The van der Waals surface area contributed by atoms with Gasteiger partial charge in [-0.25, -0.2) is 4.98 Å². The summed E-state index contributed by atoms with van der Waals surface area (Å²) in [5.41, 5.74) is 0.980. The molecule has 0 aliphatic carbocycles. The van der Waals surface area contributed by atoms with Gasteiger partial charge in [-0.15, -0.1) is 0 Å². The minimum Gasteiger partial charge on any atom is -0.497 e. The van der Waals surface area contributed by atoms with E-state index in [0.29, 0.717) is 11.3 Å². The highest BCUT2D eigenvalue weighted by molar-refractivity contribution is 7.99. The van der Waals surface area contributed by atoms with Crippen LogP contribution in [-0.2, 0) is 4.79 Å². The molecule has 1 heterocycles. The van der Waals surface area contributed by atoms with Crippen LogP contribution in [0.15, 0.2) is 53.7 Å². The Hall–Kier alpha value is -2.94. The van der Waals surface area contributed by atoms with Gasteiger partial charge in [0.25, 0.3) is 5.91 Å². The molecule has 140 valence electrons. The third-order valence-corrected chi connectivity index (χ3v) is 4.65. The van der Waals surface area contributed by atoms with Crippen molar-refractivity contribution < 1.29 is 23.1 Å². The molecule has 9 heteroatoms. The van der Waals surface area contributed by atoms with Crippen LogP contribution in [0.25, 0.3) is 11.0 Å². The normalized spacial score (nSPS) is 11.0. The molecule has 0 saturated carbocycles. The Kier molecular flexibility index (Phi) is 5.70. The SMILES string of the molecule is COc1ccc(C(=O)NC(=O)CSc2nc3ccccc3n2C(F)F)cc1. The molecule has 0 bridgehead atoms. The molecular weight excluding hydrogens is 376 g/mol. The van der Waals surface area contributed by atoms with Gasteiger partial charge in [0.2, 0.25) is 5.91 Å². The summed E-state index contributed by atoms with van der Waals surface area (Å²) in [5.74, 6) is -0.823. The van der Waals surface area contributed by atoms with E-state index in [9.17, 15) is 18.4 Å². The number of ether oxygens (including phenoxy) is 1. The van der Waals surface area contributed by atoms with Gasteiger partial charge in [0.1, 0.15) is 5.75 Å². The number of rotatable bonds is 6. The predicted octanol–water partition coefficient (Wildman–Crippen LogP) is 3.49. The molecule has 0 radical (unpaired) electrons. The zero-order chi connectivity index (χ0) is 19.4. The van der Waals surface area contributed by atoms with Gasteiger partial charge in [0.15, 0.2) is 5.16 Å². The second kappa shape index (κ2) is 8.17. The maximum absolute atomic E-state index is 13.4. The Balaban J connectivity index is 1.66. The molecule has 3 aromatic rings. The molecule has 3 rings (SSSR count). The monoisotopic (exact) mass is 391 g/mol. The van der Waals surface area contributed by atoms with Gasteiger partial charge in [-0.1, -0.05) is 23.9 Å². The summed E-state index contributed by atoms with van der Waals surface area (Å²) in [5, 5.41) is 2.23. The molecule has 0 fully saturated rings. The second-order valence-electron chi connectivity index (χ2n) is 5.43. The fourth-order valence-electron chi connectivity index (χ4n) is 2.42. The van der Waals surface area contributed by atoms with Crippen molar-refractivity contribution in [2.45, 2.75) is 11.7 Å². The summed E-state index contributed by atoms with van der Waals surface area (Å²) in [7, 11) is 1.50. The number of benzene rings is 2. The summed E-state index contributed by atoms with van der Waals surface area (Å²) in [4.78, 5) is 28.2. The molecule has 0 atom stereocenters. The number of methoxy groups -OCH3 is 1. The Morgan fingerprint density at radius 3 is 2.56 bits per heavy atom. The summed E-state index contributed by atoms with van der Waals surface area (Å²) in [6, 6.07) is 12.7. The summed E-state index contributed by atoms with van der Waals surface area (Å²) in [6.45, 7) is -2.79. The maximum atomic E-state index is 13.4.